The van der Waals surface area contributed by atoms with Gasteiger partial charge in [-0.3, -0.25) is 4.90 Å². The molecule has 1 aliphatic heterocycles. The summed E-state index contributed by atoms with van der Waals surface area (Å²) in [5.41, 5.74) is 5.76. The smallest absolute Gasteiger partial charge is 0.0194 e. The SMILES string of the molecule is CC(N)CCCCN1CCCN(C)CC1C. The van der Waals surface area contributed by atoms with Gasteiger partial charge in [-0.05, 0) is 59.8 Å². The summed E-state index contributed by atoms with van der Waals surface area (Å²) in [5.74, 6) is 0. The van der Waals surface area contributed by atoms with E-state index in [0.29, 0.717) is 12.1 Å². The maximum Gasteiger partial charge on any atom is 0.0194 e. The molecule has 2 N–H and O–H groups in total. The number of unbranched alkanes of at least 4 members (excludes halogenated alkanes) is 1. The van der Waals surface area contributed by atoms with Gasteiger partial charge in [0, 0.05) is 18.6 Å². The first-order valence-corrected chi connectivity index (χ1v) is 6.77. The third-order valence-corrected chi connectivity index (χ3v) is 3.54. The van der Waals surface area contributed by atoms with Crippen molar-refractivity contribution in [3.05, 3.63) is 0 Å². The van der Waals surface area contributed by atoms with Crippen LogP contribution in [0.15, 0.2) is 0 Å². The second-order valence-corrected chi connectivity index (χ2v) is 5.47. The minimum Gasteiger partial charge on any atom is -0.328 e. The maximum atomic E-state index is 5.76. The first-order chi connectivity index (χ1) is 7.59. The second-order valence-electron chi connectivity index (χ2n) is 5.47. The summed E-state index contributed by atoms with van der Waals surface area (Å²) in [4.78, 5) is 5.09. The van der Waals surface area contributed by atoms with Gasteiger partial charge in [-0.25, -0.2) is 0 Å². The van der Waals surface area contributed by atoms with Gasteiger partial charge in [0.15, 0.2) is 0 Å². The lowest BCUT2D eigenvalue weighted by atomic mass is 10.1. The van der Waals surface area contributed by atoms with E-state index in [2.05, 4.69) is 30.7 Å². The first-order valence-electron chi connectivity index (χ1n) is 6.77. The van der Waals surface area contributed by atoms with E-state index in [1.807, 2.05) is 0 Å². The molecule has 0 spiro atoms. The van der Waals surface area contributed by atoms with E-state index in [4.69, 9.17) is 5.73 Å². The summed E-state index contributed by atoms with van der Waals surface area (Å²) >= 11 is 0. The van der Waals surface area contributed by atoms with Gasteiger partial charge >= 0.3 is 0 Å². The number of likely N-dealkylation sites (N-methyl/N-ethyl adjacent to an activating group) is 1. The fourth-order valence-corrected chi connectivity index (χ4v) is 2.54. The van der Waals surface area contributed by atoms with Crippen molar-refractivity contribution < 1.29 is 0 Å². The van der Waals surface area contributed by atoms with Crippen LogP contribution in [-0.2, 0) is 0 Å². The predicted octanol–water partition coefficient (Wildman–Crippen LogP) is 1.53. The normalized spacial score (nSPS) is 26.6. The highest BCUT2D eigenvalue weighted by Crippen LogP contribution is 2.10. The molecule has 1 saturated heterocycles. The van der Waals surface area contributed by atoms with Crippen molar-refractivity contribution in [2.45, 2.75) is 51.6 Å². The highest BCUT2D eigenvalue weighted by molar-refractivity contribution is 4.75. The topological polar surface area (TPSA) is 32.5 Å². The van der Waals surface area contributed by atoms with Crippen LogP contribution in [0.5, 0.6) is 0 Å². The zero-order valence-corrected chi connectivity index (χ0v) is 11.3. The van der Waals surface area contributed by atoms with E-state index in [1.54, 1.807) is 0 Å². The Hall–Kier alpha value is -0.120. The molecule has 0 saturated carbocycles. The van der Waals surface area contributed by atoms with Crippen molar-refractivity contribution >= 4 is 0 Å². The summed E-state index contributed by atoms with van der Waals surface area (Å²) < 4.78 is 0. The van der Waals surface area contributed by atoms with Crippen molar-refractivity contribution in [1.82, 2.24) is 9.80 Å². The summed E-state index contributed by atoms with van der Waals surface area (Å²) in [6.45, 7) is 9.44. The van der Waals surface area contributed by atoms with Crippen LogP contribution in [0.2, 0.25) is 0 Å². The Morgan fingerprint density at radius 2 is 2.06 bits per heavy atom. The second kappa shape index (κ2) is 7.25. The lowest BCUT2D eigenvalue weighted by Gasteiger charge is -2.27. The number of nitrogens with zero attached hydrogens (tertiary/aromatic N) is 2. The van der Waals surface area contributed by atoms with E-state index < -0.39 is 0 Å². The molecule has 1 rings (SSSR count). The minimum absolute atomic E-state index is 0.368. The van der Waals surface area contributed by atoms with Crippen molar-refractivity contribution in [2.24, 2.45) is 5.73 Å². The van der Waals surface area contributed by atoms with Crippen molar-refractivity contribution in [2.75, 3.05) is 33.2 Å². The van der Waals surface area contributed by atoms with Gasteiger partial charge in [-0.2, -0.15) is 0 Å². The number of nitrogens with two attached hydrogens (primary N) is 1. The molecule has 16 heavy (non-hydrogen) atoms. The molecule has 1 heterocycles. The lowest BCUT2D eigenvalue weighted by molar-refractivity contribution is 0.198. The molecule has 96 valence electrons. The molecule has 0 aliphatic carbocycles. The average molecular weight is 227 g/mol. The molecule has 0 radical (unpaired) electrons. The van der Waals surface area contributed by atoms with E-state index in [9.17, 15) is 0 Å². The Kier molecular flexibility index (Phi) is 6.32. The zero-order chi connectivity index (χ0) is 12.0. The van der Waals surface area contributed by atoms with Crippen LogP contribution in [0.4, 0.5) is 0 Å². The summed E-state index contributed by atoms with van der Waals surface area (Å²) in [7, 11) is 2.23. The first kappa shape index (κ1) is 13.9. The maximum absolute atomic E-state index is 5.76. The van der Waals surface area contributed by atoms with Crippen LogP contribution in [0.25, 0.3) is 0 Å². The lowest BCUT2D eigenvalue weighted by Crippen LogP contribution is -2.38. The molecule has 3 nitrogen and oxygen atoms in total. The molecule has 0 aromatic carbocycles. The molecule has 2 atom stereocenters. The van der Waals surface area contributed by atoms with E-state index in [1.165, 1.54) is 51.9 Å². The summed E-state index contributed by atoms with van der Waals surface area (Å²) in [5, 5.41) is 0. The molecule has 3 heteroatoms. The van der Waals surface area contributed by atoms with Crippen LogP contribution in [0, 0.1) is 0 Å². The molecule has 0 aromatic heterocycles. The van der Waals surface area contributed by atoms with Crippen LogP contribution < -0.4 is 5.73 Å². The third kappa shape index (κ3) is 5.28. The molecule has 1 aliphatic rings. The van der Waals surface area contributed by atoms with Crippen molar-refractivity contribution in [3.63, 3.8) is 0 Å². The van der Waals surface area contributed by atoms with Gasteiger partial charge in [-0.1, -0.05) is 6.42 Å². The fraction of sp³-hybridized carbons (Fsp3) is 1.00. The van der Waals surface area contributed by atoms with Gasteiger partial charge in [0.05, 0.1) is 0 Å². The van der Waals surface area contributed by atoms with Crippen molar-refractivity contribution in [1.29, 1.82) is 0 Å². The van der Waals surface area contributed by atoms with Crippen LogP contribution in [-0.4, -0.2) is 55.1 Å². The van der Waals surface area contributed by atoms with Crippen LogP contribution in [0.3, 0.4) is 0 Å². The van der Waals surface area contributed by atoms with Crippen LogP contribution >= 0.6 is 0 Å². The molecule has 1 fully saturated rings. The summed E-state index contributed by atoms with van der Waals surface area (Å²) in [6.07, 6.45) is 5.06. The van der Waals surface area contributed by atoms with Crippen LogP contribution in [0.1, 0.15) is 39.5 Å². The zero-order valence-electron chi connectivity index (χ0n) is 11.3. The number of hydrogen-bond donors (Lipinski definition) is 1. The van der Waals surface area contributed by atoms with E-state index >= 15 is 0 Å². The quantitative estimate of drug-likeness (QED) is 0.723. The predicted molar refractivity (Wildman–Crippen MR) is 70.6 cm³/mol. The Morgan fingerprint density at radius 1 is 1.31 bits per heavy atom. The molecule has 0 bridgehead atoms. The average Bonchev–Trinajstić information content (AvgIpc) is 2.35. The van der Waals surface area contributed by atoms with Gasteiger partial charge in [0.25, 0.3) is 0 Å². The Balaban J connectivity index is 2.19. The Bertz CT molecular complexity index is 182. The third-order valence-electron chi connectivity index (χ3n) is 3.54. The van der Waals surface area contributed by atoms with E-state index in [0.717, 1.165) is 0 Å². The molecular weight excluding hydrogens is 198 g/mol. The van der Waals surface area contributed by atoms with Gasteiger partial charge in [0.1, 0.15) is 0 Å². The fourth-order valence-electron chi connectivity index (χ4n) is 2.54. The largest absolute Gasteiger partial charge is 0.328 e. The number of hydrogen-bond acceptors (Lipinski definition) is 3. The Labute approximate surface area is 101 Å². The molecule has 2 unspecified atom stereocenters. The summed E-state index contributed by atoms with van der Waals surface area (Å²) in [6, 6.07) is 1.08. The highest BCUT2D eigenvalue weighted by Gasteiger charge is 2.18. The van der Waals surface area contributed by atoms with Gasteiger partial charge < -0.3 is 10.6 Å². The van der Waals surface area contributed by atoms with Gasteiger partial charge in [-0.15, -0.1) is 0 Å². The van der Waals surface area contributed by atoms with E-state index in [-0.39, 0.29) is 0 Å². The molecule has 0 amide bonds. The van der Waals surface area contributed by atoms with Crippen molar-refractivity contribution in [3.8, 4) is 0 Å². The Morgan fingerprint density at radius 3 is 2.75 bits per heavy atom. The minimum atomic E-state index is 0.368. The standard InChI is InChI=1S/C13H29N3/c1-12(14)7-4-5-9-16-10-6-8-15(3)11-13(16)2/h12-13H,4-11,14H2,1-3H3. The monoisotopic (exact) mass is 227 g/mol. The molecule has 0 aromatic rings. The highest BCUT2D eigenvalue weighted by atomic mass is 15.2. The molecular formula is C13H29N3. The number of rotatable bonds is 5. The van der Waals surface area contributed by atoms with Gasteiger partial charge in [0.2, 0.25) is 0 Å².